The van der Waals surface area contributed by atoms with Gasteiger partial charge in [-0.3, -0.25) is 14.7 Å². The topological polar surface area (TPSA) is 96.1 Å². The van der Waals surface area contributed by atoms with Crippen molar-refractivity contribution in [1.29, 1.82) is 0 Å². The fourth-order valence-corrected chi connectivity index (χ4v) is 1.82. The average Bonchev–Trinajstić information content (AvgIpc) is 3.01. The van der Waals surface area contributed by atoms with Crippen molar-refractivity contribution < 1.29 is 18.7 Å². The first kappa shape index (κ1) is 16.5. The van der Waals surface area contributed by atoms with Crippen molar-refractivity contribution in [3.8, 4) is 5.75 Å². The molecule has 0 aliphatic carbocycles. The summed E-state index contributed by atoms with van der Waals surface area (Å²) in [5, 5.41) is 11.5. The maximum absolute atomic E-state index is 13.0. The molecule has 1 aromatic heterocycles. The monoisotopic (exact) mass is 320 g/mol. The molecule has 0 saturated carbocycles. The van der Waals surface area contributed by atoms with Gasteiger partial charge in [-0.2, -0.15) is 5.10 Å². The van der Waals surface area contributed by atoms with Crippen LogP contribution in [0.1, 0.15) is 23.1 Å². The number of likely N-dealkylation sites (N-methyl/N-ethyl adjacent to an activating group) is 1. The molecule has 8 heteroatoms. The van der Waals surface area contributed by atoms with Gasteiger partial charge < -0.3 is 15.4 Å². The summed E-state index contributed by atoms with van der Waals surface area (Å²) in [6.45, 7) is 1.67. The summed E-state index contributed by atoms with van der Waals surface area (Å²) < 4.78 is 18.4. The van der Waals surface area contributed by atoms with Crippen LogP contribution < -0.4 is 15.4 Å². The lowest BCUT2D eigenvalue weighted by atomic mass is 10.3. The van der Waals surface area contributed by atoms with Gasteiger partial charge in [-0.1, -0.05) is 6.07 Å². The Morgan fingerprint density at radius 3 is 2.87 bits per heavy atom. The molecule has 0 aliphatic rings. The Hall–Kier alpha value is -2.90. The van der Waals surface area contributed by atoms with Crippen molar-refractivity contribution in [2.45, 2.75) is 19.6 Å². The summed E-state index contributed by atoms with van der Waals surface area (Å²) >= 11 is 0. The standard InChI is InChI=1S/C15H17FN4O3/c1-9(14(21)17-2)18-15(22)13-7-11(19-20-13)8-23-12-5-3-4-10(16)6-12/h3-7,9H,8H2,1-2H3,(H,17,21)(H,18,22)(H,19,20). The maximum atomic E-state index is 13.0. The first-order valence-electron chi connectivity index (χ1n) is 6.94. The molecule has 1 aromatic carbocycles. The third-order valence-corrected chi connectivity index (χ3v) is 3.04. The normalized spacial score (nSPS) is 11.6. The minimum atomic E-state index is -0.670. The number of carbonyl (C=O) groups excluding carboxylic acids is 2. The molecular weight excluding hydrogens is 303 g/mol. The Bertz CT molecular complexity index is 702. The van der Waals surface area contributed by atoms with Gasteiger partial charge in [0.2, 0.25) is 5.91 Å². The lowest BCUT2D eigenvalue weighted by molar-refractivity contribution is -0.122. The predicted octanol–water partition coefficient (Wildman–Crippen LogP) is 0.992. The fraction of sp³-hybridized carbons (Fsp3) is 0.267. The number of carbonyl (C=O) groups is 2. The highest BCUT2D eigenvalue weighted by molar-refractivity contribution is 5.95. The summed E-state index contributed by atoms with van der Waals surface area (Å²) in [4.78, 5) is 23.3. The maximum Gasteiger partial charge on any atom is 0.272 e. The fourth-order valence-electron chi connectivity index (χ4n) is 1.82. The number of H-pyrrole nitrogens is 1. The summed E-state index contributed by atoms with van der Waals surface area (Å²) in [6.07, 6.45) is 0. The van der Waals surface area contributed by atoms with E-state index in [4.69, 9.17) is 4.74 Å². The van der Waals surface area contributed by atoms with Gasteiger partial charge in [-0.25, -0.2) is 4.39 Å². The number of amides is 2. The molecule has 1 unspecified atom stereocenters. The SMILES string of the molecule is CNC(=O)C(C)NC(=O)c1cc(COc2cccc(F)c2)[nH]n1. The largest absolute Gasteiger partial charge is 0.487 e. The predicted molar refractivity (Wildman–Crippen MR) is 80.3 cm³/mol. The molecule has 1 heterocycles. The number of rotatable bonds is 6. The number of benzene rings is 1. The first-order valence-corrected chi connectivity index (χ1v) is 6.94. The number of nitrogens with one attached hydrogen (secondary N) is 3. The molecule has 2 amide bonds. The molecule has 0 radical (unpaired) electrons. The number of halogens is 1. The van der Waals surface area contributed by atoms with Gasteiger partial charge in [0.05, 0.1) is 5.69 Å². The van der Waals surface area contributed by atoms with Crippen LogP contribution in [0.25, 0.3) is 0 Å². The van der Waals surface area contributed by atoms with Gasteiger partial charge in [-0.15, -0.1) is 0 Å². The average molecular weight is 320 g/mol. The lowest BCUT2D eigenvalue weighted by Gasteiger charge is -2.10. The van der Waals surface area contributed by atoms with Crippen molar-refractivity contribution in [2.24, 2.45) is 0 Å². The summed E-state index contributed by atoms with van der Waals surface area (Å²) in [5.74, 6) is -0.799. The van der Waals surface area contributed by atoms with Crippen molar-refractivity contribution in [3.05, 3.63) is 47.5 Å². The zero-order chi connectivity index (χ0) is 16.8. The van der Waals surface area contributed by atoms with E-state index >= 15 is 0 Å². The molecule has 0 saturated heterocycles. The molecule has 2 rings (SSSR count). The van der Waals surface area contributed by atoms with Crippen LogP contribution >= 0.6 is 0 Å². The Balaban J connectivity index is 1.92. The molecule has 2 aromatic rings. The van der Waals surface area contributed by atoms with Crippen LogP contribution in [0.4, 0.5) is 4.39 Å². The number of nitrogens with zero attached hydrogens (tertiary/aromatic N) is 1. The van der Waals surface area contributed by atoms with Crippen LogP contribution in [0, 0.1) is 5.82 Å². The Morgan fingerprint density at radius 1 is 1.39 bits per heavy atom. The Labute approximate surface area is 132 Å². The second kappa shape index (κ2) is 7.39. The minimum absolute atomic E-state index is 0.106. The molecule has 1 atom stereocenters. The number of aromatic nitrogens is 2. The number of aromatic amines is 1. The van der Waals surface area contributed by atoms with Crippen molar-refractivity contribution in [2.75, 3.05) is 7.05 Å². The molecule has 23 heavy (non-hydrogen) atoms. The van der Waals surface area contributed by atoms with E-state index < -0.39 is 17.8 Å². The van der Waals surface area contributed by atoms with E-state index in [2.05, 4.69) is 20.8 Å². The molecule has 0 bridgehead atoms. The van der Waals surface area contributed by atoms with E-state index in [9.17, 15) is 14.0 Å². The number of hydrogen-bond donors (Lipinski definition) is 3. The molecule has 3 N–H and O–H groups in total. The van der Waals surface area contributed by atoms with Gasteiger partial charge in [-0.05, 0) is 25.1 Å². The number of hydrogen-bond acceptors (Lipinski definition) is 4. The summed E-state index contributed by atoms with van der Waals surface area (Å²) in [5.41, 5.74) is 0.686. The van der Waals surface area contributed by atoms with Crippen LogP contribution in [0.2, 0.25) is 0 Å². The molecular formula is C15H17FN4O3. The Morgan fingerprint density at radius 2 is 2.17 bits per heavy atom. The van der Waals surface area contributed by atoms with Crippen LogP contribution in [0.15, 0.2) is 30.3 Å². The van der Waals surface area contributed by atoms with Gasteiger partial charge in [0.15, 0.2) is 0 Å². The van der Waals surface area contributed by atoms with Gasteiger partial charge in [0, 0.05) is 13.1 Å². The second-order valence-electron chi connectivity index (χ2n) is 4.83. The number of ether oxygens (including phenoxy) is 1. The molecule has 7 nitrogen and oxygen atoms in total. The third kappa shape index (κ3) is 4.53. The van der Waals surface area contributed by atoms with E-state index in [1.165, 1.54) is 31.3 Å². The summed E-state index contributed by atoms with van der Waals surface area (Å²) in [7, 11) is 1.49. The van der Waals surface area contributed by atoms with E-state index in [0.717, 1.165) is 0 Å². The van der Waals surface area contributed by atoms with E-state index in [0.29, 0.717) is 11.4 Å². The molecule has 0 spiro atoms. The van der Waals surface area contributed by atoms with Crippen LogP contribution in [0.3, 0.4) is 0 Å². The summed E-state index contributed by atoms with van der Waals surface area (Å²) in [6, 6.07) is 6.57. The van der Waals surface area contributed by atoms with Gasteiger partial charge in [0.1, 0.15) is 29.9 Å². The lowest BCUT2D eigenvalue weighted by Crippen LogP contribution is -2.43. The smallest absolute Gasteiger partial charge is 0.272 e. The highest BCUT2D eigenvalue weighted by Gasteiger charge is 2.17. The van der Waals surface area contributed by atoms with Crippen LogP contribution in [-0.2, 0) is 11.4 Å². The van der Waals surface area contributed by atoms with Crippen molar-refractivity contribution in [1.82, 2.24) is 20.8 Å². The van der Waals surface area contributed by atoms with Gasteiger partial charge >= 0.3 is 0 Å². The zero-order valence-electron chi connectivity index (χ0n) is 12.7. The van der Waals surface area contributed by atoms with Crippen molar-refractivity contribution in [3.63, 3.8) is 0 Å². The molecule has 122 valence electrons. The Kier molecular flexibility index (Phi) is 5.29. The van der Waals surface area contributed by atoms with E-state index in [-0.39, 0.29) is 18.2 Å². The van der Waals surface area contributed by atoms with Crippen molar-refractivity contribution >= 4 is 11.8 Å². The zero-order valence-corrected chi connectivity index (χ0v) is 12.7. The second-order valence-corrected chi connectivity index (χ2v) is 4.83. The quantitative estimate of drug-likeness (QED) is 0.739. The van der Waals surface area contributed by atoms with Gasteiger partial charge in [0.25, 0.3) is 5.91 Å². The van der Waals surface area contributed by atoms with E-state index in [1.54, 1.807) is 13.0 Å². The first-order chi connectivity index (χ1) is 11.0. The molecule has 0 aliphatic heterocycles. The third-order valence-electron chi connectivity index (χ3n) is 3.04. The molecule has 0 fully saturated rings. The van der Waals surface area contributed by atoms with E-state index in [1.807, 2.05) is 0 Å². The highest BCUT2D eigenvalue weighted by atomic mass is 19.1. The minimum Gasteiger partial charge on any atom is -0.487 e. The van der Waals surface area contributed by atoms with Crippen LogP contribution in [0.5, 0.6) is 5.75 Å². The highest BCUT2D eigenvalue weighted by Crippen LogP contribution is 2.13. The van der Waals surface area contributed by atoms with Crippen LogP contribution in [-0.4, -0.2) is 35.1 Å².